The van der Waals surface area contributed by atoms with Crippen molar-refractivity contribution in [2.24, 2.45) is 5.92 Å². The third kappa shape index (κ3) is 5.35. The minimum atomic E-state index is -0.109. The smallest absolute Gasteiger partial charge is 0.321 e. The molecule has 2 N–H and O–H groups in total. The maximum Gasteiger partial charge on any atom is 0.321 e. The molecule has 0 bridgehead atoms. The van der Waals surface area contributed by atoms with Crippen molar-refractivity contribution in [3.05, 3.63) is 90.5 Å². The van der Waals surface area contributed by atoms with Crippen molar-refractivity contribution in [1.29, 1.82) is 0 Å². The molecular weight excluding hydrogens is 398 g/mol. The number of urea groups is 1. The van der Waals surface area contributed by atoms with Gasteiger partial charge in [-0.1, -0.05) is 72.8 Å². The number of likely N-dealkylation sites (tertiary alicyclic amines) is 1. The highest BCUT2D eigenvalue weighted by Gasteiger charge is 2.28. The molecule has 0 radical (unpaired) electrons. The quantitative estimate of drug-likeness (QED) is 0.567. The van der Waals surface area contributed by atoms with Crippen LogP contribution in [-0.2, 0) is 4.79 Å². The van der Waals surface area contributed by atoms with Crippen LogP contribution in [0.15, 0.2) is 84.9 Å². The highest BCUT2D eigenvalue weighted by atomic mass is 16.2. The Balaban J connectivity index is 1.27. The molecule has 32 heavy (non-hydrogen) atoms. The molecule has 1 aliphatic heterocycles. The van der Waals surface area contributed by atoms with E-state index in [1.807, 2.05) is 55.5 Å². The summed E-state index contributed by atoms with van der Waals surface area (Å²) in [5, 5.41) is 6.06. The van der Waals surface area contributed by atoms with E-state index in [2.05, 4.69) is 47.0 Å². The predicted molar refractivity (Wildman–Crippen MR) is 128 cm³/mol. The molecule has 3 aromatic carbocycles. The van der Waals surface area contributed by atoms with Crippen molar-refractivity contribution in [3.63, 3.8) is 0 Å². The van der Waals surface area contributed by atoms with E-state index in [1.165, 1.54) is 5.56 Å². The molecule has 3 amide bonds. The van der Waals surface area contributed by atoms with Crippen molar-refractivity contribution in [3.8, 4) is 11.1 Å². The van der Waals surface area contributed by atoms with Crippen molar-refractivity contribution in [2.45, 2.75) is 25.8 Å². The molecule has 1 atom stereocenters. The monoisotopic (exact) mass is 427 g/mol. The number of carbonyl (C=O) groups excluding carboxylic acids is 2. The van der Waals surface area contributed by atoms with Crippen LogP contribution >= 0.6 is 0 Å². The van der Waals surface area contributed by atoms with E-state index in [0.717, 1.165) is 16.8 Å². The molecule has 0 unspecified atom stereocenters. The van der Waals surface area contributed by atoms with E-state index in [0.29, 0.717) is 25.9 Å². The van der Waals surface area contributed by atoms with Gasteiger partial charge in [0, 0.05) is 24.7 Å². The second-order valence-electron chi connectivity index (χ2n) is 8.28. The average molecular weight is 428 g/mol. The summed E-state index contributed by atoms with van der Waals surface area (Å²) in [5.74, 6) is -0.00503. The second kappa shape index (κ2) is 10.1. The van der Waals surface area contributed by atoms with E-state index in [1.54, 1.807) is 4.90 Å². The fraction of sp³-hybridized carbons (Fsp3) is 0.259. The molecule has 0 aromatic heterocycles. The van der Waals surface area contributed by atoms with Gasteiger partial charge in [-0.25, -0.2) is 4.79 Å². The first-order valence-corrected chi connectivity index (χ1v) is 11.2. The van der Waals surface area contributed by atoms with Crippen LogP contribution in [-0.4, -0.2) is 29.9 Å². The van der Waals surface area contributed by atoms with Crippen molar-refractivity contribution in [1.82, 2.24) is 10.2 Å². The largest absolute Gasteiger partial charge is 0.349 e. The van der Waals surface area contributed by atoms with E-state index >= 15 is 0 Å². The lowest BCUT2D eigenvalue weighted by atomic mass is 9.95. The average Bonchev–Trinajstić information content (AvgIpc) is 2.85. The molecule has 0 spiro atoms. The topological polar surface area (TPSA) is 61.4 Å². The Hall–Kier alpha value is -3.60. The number of hydrogen-bond donors (Lipinski definition) is 2. The molecule has 5 nitrogen and oxygen atoms in total. The first-order valence-electron chi connectivity index (χ1n) is 11.2. The maximum atomic E-state index is 12.8. The second-order valence-corrected chi connectivity index (χ2v) is 8.28. The van der Waals surface area contributed by atoms with E-state index in [4.69, 9.17) is 0 Å². The van der Waals surface area contributed by atoms with Gasteiger partial charge >= 0.3 is 6.03 Å². The number of benzene rings is 3. The van der Waals surface area contributed by atoms with Crippen LogP contribution in [0.5, 0.6) is 0 Å². The number of piperidine rings is 1. The first-order chi connectivity index (χ1) is 15.6. The van der Waals surface area contributed by atoms with Crippen LogP contribution in [0.4, 0.5) is 10.5 Å². The number of hydrogen-bond acceptors (Lipinski definition) is 2. The molecule has 1 heterocycles. The Bertz CT molecular complexity index is 1030. The standard InChI is InChI=1S/C27H29N3O2/c1-20(21-12-14-23(15-13-21)22-8-4-2-5-9-22)28-26(31)24-16-18-30(19-17-24)27(32)29-25-10-6-3-7-11-25/h2-15,20,24H,16-19H2,1H3,(H,28,31)(H,29,32)/t20-/m0/s1. The Morgan fingerprint density at radius 3 is 2.00 bits per heavy atom. The van der Waals surface area contributed by atoms with Crippen molar-refractivity contribution >= 4 is 17.6 Å². The summed E-state index contributed by atoms with van der Waals surface area (Å²) in [6.07, 6.45) is 1.35. The van der Waals surface area contributed by atoms with Crippen LogP contribution in [0.2, 0.25) is 0 Å². The fourth-order valence-corrected chi connectivity index (χ4v) is 4.08. The maximum absolute atomic E-state index is 12.8. The van der Waals surface area contributed by atoms with E-state index in [9.17, 15) is 9.59 Å². The molecule has 1 saturated heterocycles. The summed E-state index contributed by atoms with van der Waals surface area (Å²) in [7, 11) is 0. The number of para-hydroxylation sites is 1. The van der Waals surface area contributed by atoms with Gasteiger partial charge in [0.1, 0.15) is 0 Å². The summed E-state index contributed by atoms with van der Waals surface area (Å²) in [5.41, 5.74) is 4.20. The number of nitrogens with zero attached hydrogens (tertiary/aromatic N) is 1. The van der Waals surface area contributed by atoms with Crippen LogP contribution in [0.3, 0.4) is 0 Å². The lowest BCUT2D eigenvalue weighted by molar-refractivity contribution is -0.126. The molecule has 0 aliphatic carbocycles. The summed E-state index contributed by atoms with van der Waals surface area (Å²) in [6, 6.07) is 27.8. The molecule has 5 heteroatoms. The number of carbonyl (C=O) groups is 2. The number of anilines is 1. The van der Waals surface area contributed by atoms with Gasteiger partial charge in [0.15, 0.2) is 0 Å². The third-order valence-electron chi connectivity index (χ3n) is 6.05. The summed E-state index contributed by atoms with van der Waals surface area (Å²) >= 11 is 0. The number of amides is 3. The van der Waals surface area contributed by atoms with Gasteiger partial charge < -0.3 is 15.5 Å². The highest BCUT2D eigenvalue weighted by molar-refractivity contribution is 5.89. The molecule has 1 fully saturated rings. The van der Waals surface area contributed by atoms with Crippen molar-refractivity contribution in [2.75, 3.05) is 18.4 Å². The Kier molecular flexibility index (Phi) is 6.85. The fourth-order valence-electron chi connectivity index (χ4n) is 4.08. The molecule has 4 rings (SSSR count). The van der Waals surface area contributed by atoms with E-state index in [-0.39, 0.29) is 23.9 Å². The first kappa shape index (κ1) is 21.6. The summed E-state index contributed by atoms with van der Waals surface area (Å²) in [4.78, 5) is 27.0. The summed E-state index contributed by atoms with van der Waals surface area (Å²) in [6.45, 7) is 3.17. The molecule has 0 saturated carbocycles. The zero-order valence-corrected chi connectivity index (χ0v) is 18.3. The Morgan fingerprint density at radius 1 is 0.812 bits per heavy atom. The van der Waals surface area contributed by atoms with E-state index < -0.39 is 0 Å². The van der Waals surface area contributed by atoms with Crippen LogP contribution in [0.1, 0.15) is 31.4 Å². The van der Waals surface area contributed by atoms with Crippen molar-refractivity contribution < 1.29 is 9.59 Å². The highest BCUT2D eigenvalue weighted by Crippen LogP contribution is 2.23. The van der Waals surface area contributed by atoms with Gasteiger partial charge in [0.05, 0.1) is 6.04 Å². The minimum absolute atomic E-state index is 0.0627. The van der Waals surface area contributed by atoms with Gasteiger partial charge in [0.2, 0.25) is 5.91 Å². The number of nitrogens with one attached hydrogen (secondary N) is 2. The minimum Gasteiger partial charge on any atom is -0.349 e. The lowest BCUT2D eigenvalue weighted by Crippen LogP contribution is -2.44. The third-order valence-corrected chi connectivity index (χ3v) is 6.05. The van der Waals surface area contributed by atoms with Gasteiger partial charge in [-0.15, -0.1) is 0 Å². The molecule has 1 aliphatic rings. The van der Waals surface area contributed by atoms with Crippen LogP contribution in [0.25, 0.3) is 11.1 Å². The molecular formula is C27H29N3O2. The zero-order valence-electron chi connectivity index (χ0n) is 18.3. The van der Waals surface area contributed by atoms with Crippen LogP contribution < -0.4 is 10.6 Å². The SMILES string of the molecule is C[C@H](NC(=O)C1CCN(C(=O)Nc2ccccc2)CC1)c1ccc(-c2ccccc2)cc1. The molecule has 3 aromatic rings. The Morgan fingerprint density at radius 2 is 1.38 bits per heavy atom. The molecule has 164 valence electrons. The van der Waals surface area contributed by atoms with Gasteiger partial charge in [-0.05, 0) is 48.6 Å². The zero-order chi connectivity index (χ0) is 22.3. The number of rotatable bonds is 5. The van der Waals surface area contributed by atoms with Crippen LogP contribution in [0, 0.1) is 5.92 Å². The normalized spacial score (nSPS) is 15.1. The van der Waals surface area contributed by atoms with Gasteiger partial charge in [0.25, 0.3) is 0 Å². The van der Waals surface area contributed by atoms with Gasteiger partial charge in [-0.2, -0.15) is 0 Å². The predicted octanol–water partition coefficient (Wildman–Crippen LogP) is 5.47. The Labute approximate surface area is 189 Å². The summed E-state index contributed by atoms with van der Waals surface area (Å²) < 4.78 is 0. The lowest BCUT2D eigenvalue weighted by Gasteiger charge is -2.32. The van der Waals surface area contributed by atoms with Gasteiger partial charge in [-0.3, -0.25) is 4.79 Å².